The van der Waals surface area contributed by atoms with Gasteiger partial charge in [0.25, 0.3) is 0 Å². The molecule has 1 heterocycles. The Morgan fingerprint density at radius 1 is 1.67 bits per heavy atom. The van der Waals surface area contributed by atoms with Gasteiger partial charge in [-0.15, -0.1) is 0 Å². The molecule has 1 rings (SSSR count). The van der Waals surface area contributed by atoms with Crippen molar-refractivity contribution in [2.45, 2.75) is 19.8 Å². The van der Waals surface area contributed by atoms with Crippen LogP contribution in [0.15, 0.2) is 6.20 Å². The summed E-state index contributed by atoms with van der Waals surface area (Å²) < 4.78 is 4.56. The third-order valence-corrected chi connectivity index (χ3v) is 1.67. The Kier molecular flexibility index (Phi) is 2.47. The second-order valence-corrected chi connectivity index (χ2v) is 2.84. The number of nitrogens with one attached hydrogen (secondary N) is 1. The average molecular weight is 168 g/mol. The molecule has 0 radical (unpaired) electrons. The summed E-state index contributed by atoms with van der Waals surface area (Å²) in [6.45, 7) is 3.99. The van der Waals surface area contributed by atoms with Crippen LogP contribution in [-0.2, 0) is 4.74 Å². The standard InChI is InChI=1S/C8H12N2O2/c1-5(2)6-4-9-10-7(6)8(11)12-3/h4-5H,1-3H3,(H,9,10). The lowest BCUT2D eigenvalue weighted by atomic mass is 10.0. The van der Waals surface area contributed by atoms with Gasteiger partial charge in [-0.05, 0) is 5.92 Å². The Morgan fingerprint density at radius 3 is 2.83 bits per heavy atom. The van der Waals surface area contributed by atoms with E-state index >= 15 is 0 Å². The number of methoxy groups -OCH3 is 1. The Balaban J connectivity index is 2.99. The Bertz CT molecular complexity index is 278. The van der Waals surface area contributed by atoms with Gasteiger partial charge in [-0.1, -0.05) is 13.8 Å². The van der Waals surface area contributed by atoms with E-state index in [2.05, 4.69) is 14.9 Å². The fraction of sp³-hybridized carbons (Fsp3) is 0.500. The first kappa shape index (κ1) is 8.77. The maximum Gasteiger partial charge on any atom is 0.358 e. The normalized spacial score (nSPS) is 10.3. The predicted molar refractivity (Wildman–Crippen MR) is 44.0 cm³/mol. The van der Waals surface area contributed by atoms with Crippen LogP contribution in [0.4, 0.5) is 0 Å². The van der Waals surface area contributed by atoms with Gasteiger partial charge in [-0.2, -0.15) is 5.10 Å². The molecule has 0 saturated carbocycles. The van der Waals surface area contributed by atoms with Crippen molar-refractivity contribution in [1.82, 2.24) is 10.2 Å². The van der Waals surface area contributed by atoms with E-state index < -0.39 is 0 Å². The molecule has 0 fully saturated rings. The Labute approximate surface area is 70.9 Å². The SMILES string of the molecule is COC(=O)c1n[nH]cc1C(C)C. The number of aromatic nitrogens is 2. The molecule has 1 aromatic heterocycles. The summed E-state index contributed by atoms with van der Waals surface area (Å²) in [6.07, 6.45) is 1.72. The molecule has 66 valence electrons. The van der Waals surface area contributed by atoms with Crippen molar-refractivity contribution in [2.75, 3.05) is 7.11 Å². The van der Waals surface area contributed by atoms with Crippen molar-refractivity contribution in [1.29, 1.82) is 0 Å². The monoisotopic (exact) mass is 168 g/mol. The second kappa shape index (κ2) is 3.38. The molecular formula is C8H12N2O2. The van der Waals surface area contributed by atoms with Crippen LogP contribution in [0.3, 0.4) is 0 Å². The Morgan fingerprint density at radius 2 is 2.33 bits per heavy atom. The minimum absolute atomic E-state index is 0.276. The minimum atomic E-state index is -0.389. The number of nitrogens with zero attached hydrogens (tertiary/aromatic N) is 1. The largest absolute Gasteiger partial charge is 0.464 e. The average Bonchev–Trinajstić information content (AvgIpc) is 2.50. The van der Waals surface area contributed by atoms with Crippen molar-refractivity contribution in [2.24, 2.45) is 0 Å². The zero-order chi connectivity index (χ0) is 9.14. The molecule has 0 aliphatic heterocycles. The topological polar surface area (TPSA) is 55.0 Å². The van der Waals surface area contributed by atoms with Crippen LogP contribution in [0.1, 0.15) is 35.8 Å². The molecule has 4 heteroatoms. The zero-order valence-electron chi connectivity index (χ0n) is 7.42. The molecule has 0 bridgehead atoms. The number of H-pyrrole nitrogens is 1. The zero-order valence-corrected chi connectivity index (χ0v) is 7.42. The van der Waals surface area contributed by atoms with E-state index in [4.69, 9.17) is 0 Å². The molecule has 1 aromatic rings. The molecule has 12 heavy (non-hydrogen) atoms. The van der Waals surface area contributed by atoms with Gasteiger partial charge in [-0.3, -0.25) is 5.10 Å². The van der Waals surface area contributed by atoms with Crippen LogP contribution in [-0.4, -0.2) is 23.3 Å². The van der Waals surface area contributed by atoms with Crippen molar-refractivity contribution in [3.05, 3.63) is 17.5 Å². The molecule has 0 aliphatic carbocycles. The fourth-order valence-corrected chi connectivity index (χ4v) is 1.000. The van der Waals surface area contributed by atoms with Crippen molar-refractivity contribution in [3.8, 4) is 0 Å². The highest BCUT2D eigenvalue weighted by Crippen LogP contribution is 2.16. The summed E-state index contributed by atoms with van der Waals surface area (Å²) in [4.78, 5) is 11.1. The predicted octanol–water partition coefficient (Wildman–Crippen LogP) is 1.32. The van der Waals surface area contributed by atoms with E-state index in [9.17, 15) is 4.79 Å². The molecular weight excluding hydrogens is 156 g/mol. The van der Waals surface area contributed by atoms with Gasteiger partial charge in [0.1, 0.15) is 0 Å². The molecule has 0 amide bonds. The van der Waals surface area contributed by atoms with E-state index in [0.717, 1.165) is 5.56 Å². The number of hydrogen-bond acceptors (Lipinski definition) is 3. The highest BCUT2D eigenvalue weighted by Gasteiger charge is 2.16. The molecule has 0 atom stereocenters. The van der Waals surface area contributed by atoms with Gasteiger partial charge in [0.2, 0.25) is 0 Å². The maximum atomic E-state index is 11.1. The maximum absolute atomic E-state index is 11.1. The summed E-state index contributed by atoms with van der Waals surface area (Å²) in [5.74, 6) is -0.113. The molecule has 0 saturated heterocycles. The smallest absolute Gasteiger partial charge is 0.358 e. The third-order valence-electron chi connectivity index (χ3n) is 1.67. The number of carbonyl (C=O) groups excluding carboxylic acids is 1. The molecule has 4 nitrogen and oxygen atoms in total. The quantitative estimate of drug-likeness (QED) is 0.677. The lowest BCUT2D eigenvalue weighted by molar-refractivity contribution is 0.0592. The van der Waals surface area contributed by atoms with E-state index in [1.807, 2.05) is 13.8 Å². The number of aromatic amines is 1. The van der Waals surface area contributed by atoms with Crippen LogP contribution < -0.4 is 0 Å². The molecule has 0 spiro atoms. The van der Waals surface area contributed by atoms with E-state index in [0.29, 0.717) is 5.69 Å². The molecule has 1 N–H and O–H groups in total. The Hall–Kier alpha value is -1.32. The van der Waals surface area contributed by atoms with Gasteiger partial charge in [0, 0.05) is 11.8 Å². The summed E-state index contributed by atoms with van der Waals surface area (Å²) in [6, 6.07) is 0. The van der Waals surface area contributed by atoms with Gasteiger partial charge >= 0.3 is 5.97 Å². The van der Waals surface area contributed by atoms with E-state index in [-0.39, 0.29) is 11.9 Å². The van der Waals surface area contributed by atoms with Gasteiger partial charge in [0.15, 0.2) is 5.69 Å². The van der Waals surface area contributed by atoms with Crippen LogP contribution in [0.5, 0.6) is 0 Å². The fourth-order valence-electron chi connectivity index (χ4n) is 1.000. The van der Waals surface area contributed by atoms with Crippen LogP contribution in [0.2, 0.25) is 0 Å². The second-order valence-electron chi connectivity index (χ2n) is 2.84. The van der Waals surface area contributed by atoms with Crippen LogP contribution in [0, 0.1) is 0 Å². The first-order valence-electron chi connectivity index (χ1n) is 3.78. The number of ether oxygens (including phenoxy) is 1. The molecule has 0 aliphatic rings. The summed E-state index contributed by atoms with van der Waals surface area (Å²) in [7, 11) is 1.35. The van der Waals surface area contributed by atoms with Gasteiger partial charge in [-0.25, -0.2) is 4.79 Å². The summed E-state index contributed by atoms with van der Waals surface area (Å²) in [5, 5.41) is 6.45. The van der Waals surface area contributed by atoms with Crippen molar-refractivity contribution >= 4 is 5.97 Å². The number of rotatable bonds is 2. The highest BCUT2D eigenvalue weighted by molar-refractivity contribution is 5.88. The van der Waals surface area contributed by atoms with Crippen LogP contribution in [0.25, 0.3) is 0 Å². The summed E-state index contributed by atoms with van der Waals surface area (Å²) in [5.41, 5.74) is 1.27. The molecule has 0 aromatic carbocycles. The van der Waals surface area contributed by atoms with E-state index in [1.54, 1.807) is 6.20 Å². The number of hydrogen-bond donors (Lipinski definition) is 1. The minimum Gasteiger partial charge on any atom is -0.464 e. The molecule has 0 unspecified atom stereocenters. The lowest BCUT2D eigenvalue weighted by Crippen LogP contribution is -2.05. The van der Waals surface area contributed by atoms with Crippen molar-refractivity contribution in [3.63, 3.8) is 0 Å². The number of carbonyl (C=O) groups is 1. The summed E-state index contributed by atoms with van der Waals surface area (Å²) >= 11 is 0. The van der Waals surface area contributed by atoms with Crippen molar-refractivity contribution < 1.29 is 9.53 Å². The van der Waals surface area contributed by atoms with Gasteiger partial charge in [0.05, 0.1) is 7.11 Å². The van der Waals surface area contributed by atoms with Gasteiger partial charge < -0.3 is 4.74 Å². The number of esters is 1. The third kappa shape index (κ3) is 1.47. The lowest BCUT2D eigenvalue weighted by Gasteiger charge is -2.02. The van der Waals surface area contributed by atoms with Crippen LogP contribution >= 0.6 is 0 Å². The highest BCUT2D eigenvalue weighted by atomic mass is 16.5. The first-order chi connectivity index (χ1) is 5.66. The first-order valence-corrected chi connectivity index (χ1v) is 3.78. The van der Waals surface area contributed by atoms with E-state index in [1.165, 1.54) is 7.11 Å².